The second-order valence-corrected chi connectivity index (χ2v) is 12.5. The van der Waals surface area contributed by atoms with Crippen LogP contribution in [0.15, 0.2) is 67.4 Å². The number of hydrogen-bond acceptors (Lipinski definition) is 8. The average molecular weight is 622 g/mol. The van der Waals surface area contributed by atoms with Gasteiger partial charge < -0.3 is 29.6 Å². The second kappa shape index (κ2) is 14.8. The van der Waals surface area contributed by atoms with Crippen molar-refractivity contribution >= 4 is 35.0 Å². The Morgan fingerprint density at radius 1 is 0.867 bits per heavy atom. The van der Waals surface area contributed by atoms with E-state index in [4.69, 9.17) is 18.9 Å². The van der Waals surface area contributed by atoms with E-state index in [-0.39, 0.29) is 12.8 Å². The van der Waals surface area contributed by atoms with Gasteiger partial charge in [-0.3, -0.25) is 9.36 Å². The number of fused-ring (bicyclic) bond motifs is 1. The van der Waals surface area contributed by atoms with Gasteiger partial charge in [-0.15, -0.1) is 0 Å². The summed E-state index contributed by atoms with van der Waals surface area (Å²) in [6.45, 7) is 14.4. The van der Waals surface area contributed by atoms with Crippen LogP contribution >= 0.6 is 0 Å². The van der Waals surface area contributed by atoms with E-state index in [1.807, 2.05) is 12.1 Å². The molecule has 11 nitrogen and oxygen atoms in total. The highest BCUT2D eigenvalue weighted by molar-refractivity contribution is 5.94. The van der Waals surface area contributed by atoms with Crippen LogP contribution < -0.4 is 15.4 Å². The SMILES string of the molecule is C=CCOc1ccc(CC(NC(=O)OC(C)(C)C)C(=O)NC(Cc2cn(C(=O)OC(C)(C)C)c3ccccc23)C(=O)OC)cc1. The van der Waals surface area contributed by atoms with Crippen molar-refractivity contribution in [3.63, 3.8) is 0 Å². The van der Waals surface area contributed by atoms with E-state index in [2.05, 4.69) is 17.2 Å². The number of benzene rings is 2. The Morgan fingerprint density at radius 2 is 1.51 bits per heavy atom. The van der Waals surface area contributed by atoms with Crippen molar-refractivity contribution in [1.82, 2.24) is 15.2 Å². The van der Waals surface area contributed by atoms with E-state index < -0.39 is 47.3 Å². The standard InChI is InChI=1S/C34H43N3O8/c1-9-18-43-24-16-14-22(15-17-24)19-26(36-31(40)44-33(2,3)4)29(38)35-27(30(39)42-8)20-23-21-37(32(41)45-34(5,6)7)28-13-11-10-12-25(23)28/h9-17,21,26-27H,1,18-20H2,2-8H3,(H,35,38)(H,36,40). The zero-order chi connectivity index (χ0) is 33.4. The minimum absolute atomic E-state index is 0.00320. The summed E-state index contributed by atoms with van der Waals surface area (Å²) in [4.78, 5) is 52.4. The minimum atomic E-state index is -1.14. The molecule has 0 saturated carbocycles. The van der Waals surface area contributed by atoms with Crippen LogP contribution in [0.5, 0.6) is 5.75 Å². The minimum Gasteiger partial charge on any atom is -0.490 e. The Morgan fingerprint density at radius 3 is 2.11 bits per heavy atom. The summed E-state index contributed by atoms with van der Waals surface area (Å²) in [6, 6.07) is 12.0. The molecule has 0 fully saturated rings. The Balaban J connectivity index is 1.89. The van der Waals surface area contributed by atoms with Crippen molar-refractivity contribution < 1.29 is 38.1 Å². The monoisotopic (exact) mass is 621 g/mol. The number of methoxy groups -OCH3 is 1. The fraction of sp³-hybridized carbons (Fsp3) is 0.412. The number of carbonyl (C=O) groups is 4. The van der Waals surface area contributed by atoms with Gasteiger partial charge in [0.2, 0.25) is 5.91 Å². The highest BCUT2D eigenvalue weighted by Gasteiger charge is 2.31. The molecule has 0 aliphatic rings. The molecule has 1 aromatic heterocycles. The first-order valence-corrected chi connectivity index (χ1v) is 14.6. The molecule has 0 aliphatic heterocycles. The molecule has 2 N–H and O–H groups in total. The lowest BCUT2D eigenvalue weighted by molar-refractivity contribution is -0.145. The summed E-state index contributed by atoms with van der Waals surface area (Å²) in [5.74, 6) is -0.702. The number of carbonyl (C=O) groups excluding carboxylic acids is 4. The number of nitrogens with zero attached hydrogens (tertiary/aromatic N) is 1. The average Bonchev–Trinajstić information content (AvgIpc) is 3.32. The maximum Gasteiger partial charge on any atom is 0.419 e. The third kappa shape index (κ3) is 10.4. The Bertz CT molecular complexity index is 1510. The van der Waals surface area contributed by atoms with Crippen molar-refractivity contribution in [2.75, 3.05) is 13.7 Å². The highest BCUT2D eigenvalue weighted by Crippen LogP contribution is 2.24. The van der Waals surface area contributed by atoms with E-state index in [0.29, 0.717) is 28.8 Å². The quantitative estimate of drug-likeness (QED) is 0.167. The first kappa shape index (κ1) is 34.7. The highest BCUT2D eigenvalue weighted by atomic mass is 16.6. The molecule has 2 amide bonds. The van der Waals surface area contributed by atoms with Crippen LogP contribution in [-0.2, 0) is 36.6 Å². The predicted molar refractivity (Wildman–Crippen MR) is 170 cm³/mol. The number of alkyl carbamates (subject to hydrolysis) is 1. The molecule has 2 aromatic carbocycles. The molecular weight excluding hydrogens is 578 g/mol. The molecule has 3 aromatic rings. The van der Waals surface area contributed by atoms with E-state index in [1.54, 1.807) is 90.2 Å². The van der Waals surface area contributed by atoms with Gasteiger partial charge in [-0.1, -0.05) is 43.0 Å². The number of amides is 2. The van der Waals surface area contributed by atoms with Crippen LogP contribution in [-0.4, -0.2) is 65.6 Å². The third-order valence-corrected chi connectivity index (χ3v) is 6.35. The van der Waals surface area contributed by atoms with E-state index in [9.17, 15) is 19.2 Å². The van der Waals surface area contributed by atoms with Gasteiger partial charge in [-0.25, -0.2) is 14.4 Å². The van der Waals surface area contributed by atoms with Crippen molar-refractivity contribution in [1.29, 1.82) is 0 Å². The molecule has 0 spiro atoms. The summed E-state index contributed by atoms with van der Waals surface area (Å²) in [6.07, 6.45) is 1.95. The van der Waals surface area contributed by atoms with Gasteiger partial charge in [0.1, 0.15) is 35.6 Å². The first-order valence-electron chi connectivity index (χ1n) is 14.6. The van der Waals surface area contributed by atoms with Gasteiger partial charge in [-0.2, -0.15) is 0 Å². The van der Waals surface area contributed by atoms with Crippen LogP contribution in [0.2, 0.25) is 0 Å². The second-order valence-electron chi connectivity index (χ2n) is 12.5. The van der Waals surface area contributed by atoms with Gasteiger partial charge in [0, 0.05) is 24.4 Å². The fourth-order valence-corrected chi connectivity index (χ4v) is 4.47. The number of para-hydroxylation sites is 1. The largest absolute Gasteiger partial charge is 0.490 e. The zero-order valence-electron chi connectivity index (χ0n) is 27.0. The van der Waals surface area contributed by atoms with Gasteiger partial charge in [-0.05, 0) is 70.9 Å². The lowest BCUT2D eigenvalue weighted by Gasteiger charge is -2.25. The maximum atomic E-state index is 13.7. The molecule has 242 valence electrons. The third-order valence-electron chi connectivity index (χ3n) is 6.35. The fourth-order valence-electron chi connectivity index (χ4n) is 4.47. The van der Waals surface area contributed by atoms with Crippen molar-refractivity contribution in [3.05, 3.63) is 78.5 Å². The topological polar surface area (TPSA) is 134 Å². The van der Waals surface area contributed by atoms with E-state index in [0.717, 1.165) is 5.56 Å². The number of esters is 1. The summed E-state index contributed by atoms with van der Waals surface area (Å²) in [7, 11) is 1.22. The number of nitrogens with one attached hydrogen (secondary N) is 2. The van der Waals surface area contributed by atoms with Gasteiger partial charge in [0.05, 0.1) is 12.6 Å². The van der Waals surface area contributed by atoms with Crippen molar-refractivity contribution in [3.8, 4) is 5.75 Å². The lowest BCUT2D eigenvalue weighted by atomic mass is 10.0. The molecule has 1 heterocycles. The van der Waals surface area contributed by atoms with E-state index >= 15 is 0 Å². The summed E-state index contributed by atoms with van der Waals surface area (Å²) in [5, 5.41) is 6.08. The van der Waals surface area contributed by atoms with Gasteiger partial charge in [0.25, 0.3) is 0 Å². The summed E-state index contributed by atoms with van der Waals surface area (Å²) < 4.78 is 22.9. The van der Waals surface area contributed by atoms with Crippen LogP contribution in [0, 0.1) is 0 Å². The molecular formula is C34H43N3O8. The number of rotatable bonds is 11. The lowest BCUT2D eigenvalue weighted by Crippen LogP contribution is -2.53. The molecule has 3 rings (SSSR count). The van der Waals surface area contributed by atoms with Crippen molar-refractivity contribution in [2.45, 2.75) is 77.7 Å². The summed E-state index contributed by atoms with van der Waals surface area (Å²) >= 11 is 0. The van der Waals surface area contributed by atoms with Crippen molar-refractivity contribution in [2.24, 2.45) is 0 Å². The first-order chi connectivity index (χ1) is 21.1. The van der Waals surface area contributed by atoms with Crippen LogP contribution in [0.3, 0.4) is 0 Å². The maximum absolute atomic E-state index is 13.7. The van der Waals surface area contributed by atoms with Crippen LogP contribution in [0.1, 0.15) is 52.7 Å². The van der Waals surface area contributed by atoms with Gasteiger partial charge >= 0.3 is 18.2 Å². The normalized spacial score (nSPS) is 12.9. The molecule has 11 heteroatoms. The smallest absolute Gasteiger partial charge is 0.419 e. The Labute approximate surface area is 263 Å². The van der Waals surface area contributed by atoms with Crippen LogP contribution in [0.25, 0.3) is 10.9 Å². The molecule has 2 atom stereocenters. The number of hydrogen-bond donors (Lipinski definition) is 2. The predicted octanol–water partition coefficient (Wildman–Crippen LogP) is 5.33. The number of ether oxygens (including phenoxy) is 4. The molecule has 45 heavy (non-hydrogen) atoms. The van der Waals surface area contributed by atoms with Crippen LogP contribution in [0.4, 0.5) is 9.59 Å². The zero-order valence-corrected chi connectivity index (χ0v) is 27.0. The molecule has 0 saturated heterocycles. The van der Waals surface area contributed by atoms with Gasteiger partial charge in [0.15, 0.2) is 0 Å². The Hall–Kier alpha value is -4.80. The Kier molecular flexibility index (Phi) is 11.4. The number of aromatic nitrogens is 1. The molecule has 2 unspecified atom stereocenters. The molecule has 0 radical (unpaired) electrons. The van der Waals surface area contributed by atoms with E-state index in [1.165, 1.54) is 11.7 Å². The molecule has 0 bridgehead atoms. The molecule has 0 aliphatic carbocycles. The summed E-state index contributed by atoms with van der Waals surface area (Å²) in [5.41, 5.74) is 0.402.